The minimum Gasteiger partial charge on any atom is -0.382 e. The molecule has 5 rings (SSSR count). The lowest BCUT2D eigenvalue weighted by molar-refractivity contribution is 0.0597. The SMILES string of the molecule is CCCCC(CC)CN(C(=O)c1cc(/N=N/c2c(C(C)(C)C)nn(-c3cc(-n4nc(C(C)(C)C)c(/N=N/c5cc(C(=O)N(CC(CC)CCCC)C(CC)CCCC)cc(C(=O)N(CC(CC)CCCC)C(CC)CCCC)c5)c4N)ncn3)c2N)cc(C(=O)N(CC(CC)CCCC)C(CC)CCCC)c1)C(CC)CCCC. The molecule has 8 atom stereocenters. The fourth-order valence-electron chi connectivity index (χ4n) is 16.1. The standard InChI is InChI=1S/C94H158N16O4/c1-23-39-47-67(31-9)62-105(77(35-13)51-43-27-5)89(111)71-55-72(90(112)106(78(36-14)52-44-28-6)63-68(32-10)48-40-24-2)58-75(57-71)99-101-83-85(93(17,18)19)103-109(87(83)95)81-61-82(98-66-97-81)110-88(96)84(86(104-110)94(20,21)22)102-100-76-59-73(91(113)107(79(37-15)53-45-29-7)64-69(33-11)49-41-25-3)56-74(60-76)92(114)108(80(38-16)54-46-30-8)65-70(34-12)50-42-26-4/h55-61,66-70,77-80H,23-54,62-65,95-96H2,1-22H3/b101-99+,102-100+. The molecule has 0 aliphatic rings. The Kier molecular flexibility index (Phi) is 42.3. The maximum absolute atomic E-state index is 15.7. The third-order valence-corrected chi connectivity index (χ3v) is 23.9. The Balaban J connectivity index is 1.77. The second kappa shape index (κ2) is 49.6. The molecule has 0 saturated carbocycles. The highest BCUT2D eigenvalue weighted by atomic mass is 16.2. The first-order chi connectivity index (χ1) is 54.6. The van der Waals surface area contributed by atoms with Crippen LogP contribution in [0.15, 0.2) is 69.2 Å². The summed E-state index contributed by atoms with van der Waals surface area (Å²) in [5.74, 6) is 1.79. The quantitative estimate of drug-likeness (QED) is 0.0349. The average Bonchev–Trinajstić information content (AvgIpc) is 1.60. The first-order valence-electron chi connectivity index (χ1n) is 45.6. The fourth-order valence-corrected chi connectivity index (χ4v) is 16.1. The van der Waals surface area contributed by atoms with E-state index in [-0.39, 0.29) is 59.4 Å². The zero-order valence-electron chi connectivity index (χ0n) is 75.7. The van der Waals surface area contributed by atoms with Crippen molar-refractivity contribution in [2.24, 2.45) is 44.1 Å². The predicted molar refractivity (Wildman–Crippen MR) is 476 cm³/mol. The van der Waals surface area contributed by atoms with Gasteiger partial charge in [0.25, 0.3) is 23.6 Å². The number of aromatic nitrogens is 6. The highest BCUT2D eigenvalue weighted by Crippen LogP contribution is 2.42. The highest BCUT2D eigenvalue weighted by molar-refractivity contribution is 6.02. The Morgan fingerprint density at radius 3 is 0.789 bits per heavy atom. The molecule has 0 fully saturated rings. The van der Waals surface area contributed by atoms with Gasteiger partial charge in [-0.2, -0.15) is 29.8 Å². The van der Waals surface area contributed by atoms with Crippen LogP contribution in [0.2, 0.25) is 0 Å². The Bertz CT molecular complexity index is 3380. The van der Waals surface area contributed by atoms with Crippen molar-refractivity contribution in [3.63, 3.8) is 0 Å². The van der Waals surface area contributed by atoms with E-state index in [0.29, 0.717) is 118 Å². The van der Waals surface area contributed by atoms with Gasteiger partial charge in [0.1, 0.15) is 6.33 Å². The maximum Gasteiger partial charge on any atom is 0.254 e. The summed E-state index contributed by atoms with van der Waals surface area (Å²) < 4.78 is 3.05. The second-order valence-corrected chi connectivity index (χ2v) is 35.0. The van der Waals surface area contributed by atoms with E-state index in [1.807, 2.05) is 53.7 Å². The van der Waals surface area contributed by atoms with Gasteiger partial charge in [-0.3, -0.25) is 19.2 Å². The lowest BCUT2D eigenvalue weighted by Crippen LogP contribution is -2.44. The van der Waals surface area contributed by atoms with Crippen molar-refractivity contribution in [3.8, 4) is 11.6 Å². The summed E-state index contributed by atoms with van der Waals surface area (Å²) in [6, 6.07) is 12.6. The lowest BCUT2D eigenvalue weighted by Gasteiger charge is -2.35. The molecule has 0 spiro atoms. The summed E-state index contributed by atoms with van der Waals surface area (Å²) in [6.07, 6.45) is 33.0. The largest absolute Gasteiger partial charge is 0.382 e. The molecule has 638 valence electrons. The van der Waals surface area contributed by atoms with Crippen LogP contribution in [0.5, 0.6) is 0 Å². The summed E-state index contributed by atoms with van der Waals surface area (Å²) in [5, 5.41) is 30.3. The van der Waals surface area contributed by atoms with E-state index in [1.54, 1.807) is 30.3 Å². The van der Waals surface area contributed by atoms with Crippen LogP contribution < -0.4 is 11.5 Å². The predicted octanol–water partition coefficient (Wildman–Crippen LogP) is 25.9. The van der Waals surface area contributed by atoms with Gasteiger partial charge in [0.15, 0.2) is 34.6 Å². The summed E-state index contributed by atoms with van der Waals surface area (Å²) in [5.41, 5.74) is 17.4. The van der Waals surface area contributed by atoms with Crippen molar-refractivity contribution in [1.82, 2.24) is 49.1 Å². The molecule has 4 amide bonds. The van der Waals surface area contributed by atoms with Gasteiger partial charge < -0.3 is 31.1 Å². The molecule has 3 aromatic heterocycles. The van der Waals surface area contributed by atoms with Gasteiger partial charge in [0.2, 0.25) is 0 Å². The Morgan fingerprint density at radius 1 is 0.342 bits per heavy atom. The lowest BCUT2D eigenvalue weighted by atomic mass is 9.91. The van der Waals surface area contributed by atoms with E-state index in [9.17, 15) is 0 Å². The molecule has 20 nitrogen and oxygen atoms in total. The first-order valence-corrected chi connectivity index (χ1v) is 45.6. The van der Waals surface area contributed by atoms with Crippen LogP contribution in [0.3, 0.4) is 0 Å². The molecule has 8 unspecified atom stereocenters. The van der Waals surface area contributed by atoms with Gasteiger partial charge in [0.05, 0.1) is 22.8 Å². The van der Waals surface area contributed by atoms with Gasteiger partial charge >= 0.3 is 0 Å². The van der Waals surface area contributed by atoms with Gasteiger partial charge in [0, 0.05) is 89.5 Å². The van der Waals surface area contributed by atoms with Gasteiger partial charge in [-0.05, 0) is 137 Å². The van der Waals surface area contributed by atoms with Crippen LogP contribution in [-0.2, 0) is 10.8 Å². The maximum atomic E-state index is 15.7. The number of unbranched alkanes of at least 4 members (excludes halogenated alkanes) is 8. The third-order valence-electron chi connectivity index (χ3n) is 23.9. The van der Waals surface area contributed by atoms with Crippen molar-refractivity contribution in [1.29, 1.82) is 0 Å². The number of carbonyl (C=O) groups excluding carboxylic acids is 4. The molecule has 4 N–H and O–H groups in total. The zero-order valence-corrected chi connectivity index (χ0v) is 75.7. The second-order valence-electron chi connectivity index (χ2n) is 35.0. The smallest absolute Gasteiger partial charge is 0.254 e. The Morgan fingerprint density at radius 2 is 0.579 bits per heavy atom. The third kappa shape index (κ3) is 27.9. The van der Waals surface area contributed by atoms with Crippen LogP contribution >= 0.6 is 0 Å². The molecule has 0 aliphatic heterocycles. The number of amides is 4. The summed E-state index contributed by atoms with van der Waals surface area (Å²) in [4.78, 5) is 80.9. The van der Waals surface area contributed by atoms with Gasteiger partial charge in [-0.25, -0.2) is 9.97 Å². The van der Waals surface area contributed by atoms with Crippen LogP contribution in [0.25, 0.3) is 11.6 Å². The molecule has 0 saturated heterocycles. The summed E-state index contributed by atoms with van der Waals surface area (Å²) in [7, 11) is 0. The number of nitrogen functional groups attached to an aromatic ring is 2. The molecular formula is C94H158N16O4. The van der Waals surface area contributed by atoms with E-state index >= 15 is 19.2 Å². The molecular weight excluding hydrogens is 1420 g/mol. The monoisotopic (exact) mass is 1580 g/mol. The van der Waals surface area contributed by atoms with Crippen molar-refractivity contribution >= 4 is 58.0 Å². The number of nitrogens with two attached hydrogens (primary N) is 2. The number of azo groups is 2. The molecule has 114 heavy (non-hydrogen) atoms. The van der Waals surface area contributed by atoms with E-state index in [0.717, 1.165) is 205 Å². The van der Waals surface area contributed by atoms with E-state index in [4.69, 9.17) is 52.1 Å². The summed E-state index contributed by atoms with van der Waals surface area (Å²) >= 11 is 0. The number of carbonyl (C=O) groups is 4. The van der Waals surface area contributed by atoms with Gasteiger partial charge in [-0.1, -0.05) is 281 Å². The van der Waals surface area contributed by atoms with Crippen LogP contribution in [-0.4, -0.2) is 123 Å². The molecule has 0 bridgehead atoms. The fraction of sp³-hybridized carbons (Fsp3) is 0.723. The molecule has 0 aliphatic carbocycles. The van der Waals surface area contributed by atoms with E-state index in [1.165, 1.54) is 15.7 Å². The number of hydrogen-bond acceptors (Lipinski definition) is 14. The van der Waals surface area contributed by atoms with Crippen LogP contribution in [0.4, 0.5) is 34.4 Å². The van der Waals surface area contributed by atoms with Crippen molar-refractivity contribution in [2.45, 2.75) is 393 Å². The van der Waals surface area contributed by atoms with E-state index in [2.05, 4.69) is 130 Å². The normalized spacial score (nSPS) is 14.3. The first kappa shape index (κ1) is 97.2. The number of nitrogens with zero attached hydrogens (tertiary/aromatic N) is 14. The number of anilines is 2. The van der Waals surface area contributed by atoms with Gasteiger partial charge in [-0.15, -0.1) is 10.2 Å². The number of benzene rings is 2. The minimum absolute atomic E-state index is 0.0195. The van der Waals surface area contributed by atoms with Crippen molar-refractivity contribution in [3.05, 3.63) is 82.4 Å². The van der Waals surface area contributed by atoms with Crippen LogP contribution in [0.1, 0.15) is 411 Å². The molecule has 20 heteroatoms. The minimum atomic E-state index is -0.628. The topological polar surface area (TPSA) is 244 Å². The highest BCUT2D eigenvalue weighted by Gasteiger charge is 2.36. The zero-order chi connectivity index (χ0) is 84.2. The molecule has 5 aromatic rings. The Hall–Kier alpha value is -7.38. The van der Waals surface area contributed by atoms with Crippen molar-refractivity contribution in [2.75, 3.05) is 37.6 Å². The number of rotatable bonds is 54. The Labute approximate surface area is 691 Å². The molecule has 0 radical (unpaired) electrons. The average molecular weight is 1580 g/mol. The van der Waals surface area contributed by atoms with Crippen molar-refractivity contribution < 1.29 is 19.2 Å². The summed E-state index contributed by atoms with van der Waals surface area (Å²) in [6.45, 7) is 50.1. The number of hydrogen-bond donors (Lipinski definition) is 2. The molecule has 2 aromatic carbocycles. The molecule has 3 heterocycles. The van der Waals surface area contributed by atoms with E-state index < -0.39 is 10.8 Å². The van der Waals surface area contributed by atoms with Crippen LogP contribution in [0, 0.1) is 23.7 Å².